The molecule has 0 bridgehead atoms. The molecule has 0 saturated carbocycles. The largest absolute Gasteiger partial charge is 0.412 e. The minimum atomic E-state index is 0. The Morgan fingerprint density at radius 2 is 0.400 bits per heavy atom. The van der Waals surface area contributed by atoms with Gasteiger partial charge in [0.15, 0.2) is 0 Å². The Bertz CT molecular complexity index is 29.4. The van der Waals surface area contributed by atoms with Crippen molar-refractivity contribution in [3.63, 3.8) is 0 Å². The molecule has 0 aromatic carbocycles. The fraction of sp³-hybridized carbons (Fsp3) is 1.00. The van der Waals surface area contributed by atoms with Gasteiger partial charge in [-0.3, -0.25) is 0 Å². The lowest BCUT2D eigenvalue weighted by molar-refractivity contribution is 0.824. The summed E-state index contributed by atoms with van der Waals surface area (Å²) in [7, 11) is 0. The Labute approximate surface area is 91.9 Å². The van der Waals surface area contributed by atoms with Crippen LogP contribution in [0.3, 0.4) is 0 Å². The molecular formula is C6H28N2O7. The van der Waals surface area contributed by atoms with Gasteiger partial charge in [0.05, 0.1) is 0 Å². The summed E-state index contributed by atoms with van der Waals surface area (Å²) in [6.07, 6.45) is 0. The van der Waals surface area contributed by atoms with Crippen LogP contribution in [0.1, 0.15) is 44.6 Å². The first kappa shape index (κ1) is 366. The van der Waals surface area contributed by atoms with E-state index in [1.54, 1.807) is 0 Å². The summed E-state index contributed by atoms with van der Waals surface area (Å²) >= 11 is 0. The standard InChI is InChI=1S/6CH4.2HNO.2O2.H2O/c;;;;;;4*1-2;/h6*1H4;2*1H;;;1H2. The number of nitrogens with one attached hydrogen (secondary N) is 2. The predicted molar refractivity (Wildman–Crippen MR) is 69.6 cm³/mol. The first-order valence-corrected chi connectivity index (χ1v) is 0.742. The summed E-state index contributed by atoms with van der Waals surface area (Å²) < 4.78 is 0. The van der Waals surface area contributed by atoms with Crippen LogP contribution in [-0.2, 0) is 0 Å². The highest BCUT2D eigenvalue weighted by molar-refractivity contribution is 4.08. The van der Waals surface area contributed by atoms with Crippen molar-refractivity contribution >= 4 is 0 Å². The fourth-order valence-corrected chi connectivity index (χ4v) is 0. The average molecular weight is 240 g/mol. The fourth-order valence-electron chi connectivity index (χ4n) is 0. The van der Waals surface area contributed by atoms with E-state index < -0.39 is 0 Å². The number of hydrogen-bond acceptors (Lipinski definition) is 8. The van der Waals surface area contributed by atoms with Crippen LogP contribution in [0.4, 0.5) is 0 Å². The third-order valence-electron chi connectivity index (χ3n) is 0. The molecule has 4 N–H and O–H groups in total. The molecule has 0 rings (SSSR count). The van der Waals surface area contributed by atoms with Gasteiger partial charge in [0.1, 0.15) is 0 Å². The molecule has 0 atom stereocenters. The third-order valence-corrected chi connectivity index (χ3v) is 0. The topological polar surface area (TPSA) is 182 Å². The molecule has 0 radical (unpaired) electrons. The van der Waals surface area contributed by atoms with Crippen LogP contribution >= 0.6 is 0 Å². The second-order valence-corrected chi connectivity index (χ2v) is 0. The van der Waals surface area contributed by atoms with Gasteiger partial charge >= 0.3 is 0 Å². The number of hydrogen-bond donors (Lipinski definition) is 2. The van der Waals surface area contributed by atoms with Crippen LogP contribution < -0.4 is 0 Å². The summed E-state index contributed by atoms with van der Waals surface area (Å²) in [5.41, 5.74) is 9.00. The predicted octanol–water partition coefficient (Wildman–Crippen LogP) is 3.79. The molecule has 104 valence electrons. The highest BCUT2D eigenvalue weighted by Gasteiger charge is 0.709. The van der Waals surface area contributed by atoms with Crippen molar-refractivity contribution in [3.05, 3.63) is 29.7 Å². The molecule has 0 saturated heterocycles. The Hall–Kier alpha value is -1.64. The SMILES string of the molecule is C.C.C.C.C.C.N=O.N=O.O.O=O.O=O. The third kappa shape index (κ3) is 493. The van der Waals surface area contributed by atoms with Gasteiger partial charge in [0.2, 0.25) is 0 Å². The molecule has 0 amide bonds. The zero-order chi connectivity index (χ0) is 8.00. The Morgan fingerprint density at radius 1 is 0.400 bits per heavy atom. The zero-order valence-electron chi connectivity index (χ0n) is 3.95. The smallest absolute Gasteiger partial charge is 0 e. The summed E-state index contributed by atoms with van der Waals surface area (Å²) in [6, 6.07) is 0. The van der Waals surface area contributed by atoms with Gasteiger partial charge in [-0.15, -0.1) is 0 Å². The monoisotopic (exact) mass is 240 g/mol. The van der Waals surface area contributed by atoms with Crippen molar-refractivity contribution in [2.75, 3.05) is 0 Å². The van der Waals surface area contributed by atoms with E-state index in [0.717, 1.165) is 0 Å². The molecular weight excluding hydrogens is 212 g/mol. The summed E-state index contributed by atoms with van der Waals surface area (Å²) in [5.74, 6) is 0. The second kappa shape index (κ2) is 593. The molecule has 9 nitrogen and oxygen atoms in total. The van der Waals surface area contributed by atoms with E-state index in [4.69, 9.17) is 29.7 Å². The van der Waals surface area contributed by atoms with Crippen LogP contribution in [0.2, 0.25) is 0 Å². The van der Waals surface area contributed by atoms with Crippen LogP contribution in [0.15, 0.2) is 0 Å². The molecule has 0 aliphatic rings. The Balaban J connectivity index is -0.00000000137. The molecule has 0 spiro atoms. The molecule has 0 unspecified atom stereocenters. The maximum atomic E-state index is 7.50. The van der Waals surface area contributed by atoms with Crippen molar-refractivity contribution in [2.45, 2.75) is 44.6 Å². The van der Waals surface area contributed by atoms with E-state index in [1.807, 2.05) is 0 Å². The molecule has 0 aliphatic carbocycles. The maximum Gasteiger partial charge on any atom is 0 e. The molecule has 15 heavy (non-hydrogen) atoms. The van der Waals surface area contributed by atoms with Crippen LogP contribution in [-0.4, -0.2) is 5.48 Å². The minimum absolute atomic E-state index is 0. The van der Waals surface area contributed by atoms with Crippen LogP contribution in [0.5, 0.6) is 0 Å². The Kier molecular flexibility index (Phi) is 14500. The van der Waals surface area contributed by atoms with Crippen molar-refractivity contribution in [1.82, 2.24) is 0 Å². The van der Waals surface area contributed by atoms with Crippen molar-refractivity contribution in [3.8, 4) is 0 Å². The average Bonchev–Trinajstić information content (AvgIpc) is 2.03. The first-order chi connectivity index (χ1) is 4.00. The van der Waals surface area contributed by atoms with Crippen molar-refractivity contribution < 1.29 is 5.48 Å². The highest BCUT2D eigenvalue weighted by Crippen LogP contribution is 0.769. The van der Waals surface area contributed by atoms with E-state index in [9.17, 15) is 0 Å². The van der Waals surface area contributed by atoms with Gasteiger partial charge < -0.3 is 5.48 Å². The molecule has 0 heterocycles. The van der Waals surface area contributed by atoms with Gasteiger partial charge in [0, 0.05) is 19.9 Å². The van der Waals surface area contributed by atoms with Crippen molar-refractivity contribution in [2.24, 2.45) is 0 Å². The summed E-state index contributed by atoms with van der Waals surface area (Å²) in [4.78, 5) is 43.0. The van der Waals surface area contributed by atoms with Gasteiger partial charge in [0.25, 0.3) is 0 Å². The lowest BCUT2D eigenvalue weighted by atomic mass is 12.0. The molecule has 9 heteroatoms. The van der Waals surface area contributed by atoms with E-state index in [-0.39, 0.29) is 50.0 Å². The first-order valence-electron chi connectivity index (χ1n) is 0.742. The second-order valence-electron chi connectivity index (χ2n) is 0. The van der Waals surface area contributed by atoms with Crippen LogP contribution in [0, 0.1) is 40.9 Å². The normalized spacial score (nSPS) is 1.07. The quantitative estimate of drug-likeness (QED) is 0.606. The summed E-state index contributed by atoms with van der Waals surface area (Å²) in [6.45, 7) is 0. The number of nitroso groups, excluding NO2 is 2. The highest BCUT2D eigenvalue weighted by atomic mass is 16.7. The lowest BCUT2D eigenvalue weighted by Gasteiger charge is -0.827. The molecule has 0 aromatic heterocycles. The molecule has 0 aliphatic heterocycles. The number of rotatable bonds is 0. The zero-order valence-corrected chi connectivity index (χ0v) is 3.95. The van der Waals surface area contributed by atoms with E-state index >= 15 is 0 Å². The Morgan fingerprint density at radius 3 is 0.400 bits per heavy atom. The van der Waals surface area contributed by atoms with Gasteiger partial charge in [-0.2, -0.15) is 9.81 Å². The minimum Gasteiger partial charge on any atom is -0.412 e. The van der Waals surface area contributed by atoms with Gasteiger partial charge in [-0.05, 0) is 0 Å². The van der Waals surface area contributed by atoms with Crippen LogP contribution in [0.25, 0.3) is 0 Å². The lowest BCUT2D eigenvalue weighted by Crippen LogP contribution is -0.674. The van der Waals surface area contributed by atoms with Crippen molar-refractivity contribution in [1.29, 1.82) is 11.2 Å². The van der Waals surface area contributed by atoms with E-state index in [1.165, 1.54) is 0 Å². The maximum absolute atomic E-state index is 7.50. The van der Waals surface area contributed by atoms with Gasteiger partial charge in [-0.1, -0.05) is 55.7 Å². The molecule has 0 fully saturated rings. The van der Waals surface area contributed by atoms with E-state index in [2.05, 4.69) is 11.2 Å². The van der Waals surface area contributed by atoms with Gasteiger partial charge in [-0.25, -0.2) is 0 Å². The van der Waals surface area contributed by atoms with E-state index in [0.29, 0.717) is 0 Å². The summed E-state index contributed by atoms with van der Waals surface area (Å²) in [5, 5.41) is 0. The molecule has 0 aromatic rings.